The number of amides is 8. The number of aliphatic hydroxyl groups excluding tert-OH is 1. The van der Waals surface area contributed by atoms with E-state index in [4.69, 9.17) is 5.73 Å². The molecule has 0 aromatic heterocycles. The SMILES string of the molecule is CC[C@H](C)[C@H](NC(=O)[C@H](Cc1ccccc1)NC(=O)[C@H](Cc1ccccc1)NC(=O)[C@H](CC(C)C)NC(=O)[C@H](CCC(=O)O)NC(=O)[C@@H](N)CCSC)C(=O)N[C@@H](CO)C(=O)N[C@@H](CCSC)C(=O)N[C@@H](Cc1ccccc1)C(=O)O. The van der Waals surface area contributed by atoms with Gasteiger partial charge in [-0.3, -0.25) is 43.2 Å². The van der Waals surface area contributed by atoms with Gasteiger partial charge in [-0.05, 0) is 78.2 Å². The van der Waals surface area contributed by atoms with Crippen molar-refractivity contribution in [1.29, 1.82) is 0 Å². The Balaban J connectivity index is 1.93. The second-order valence-electron chi connectivity index (χ2n) is 20.1. The van der Waals surface area contributed by atoms with Gasteiger partial charge in [0.1, 0.15) is 48.3 Å². The Morgan fingerprint density at radius 1 is 0.469 bits per heavy atom. The summed E-state index contributed by atoms with van der Waals surface area (Å²) in [6, 6.07) is 13.9. The maximum atomic E-state index is 14.7. The molecule has 0 aliphatic carbocycles. The van der Waals surface area contributed by atoms with Crippen LogP contribution in [-0.4, -0.2) is 160 Å². The summed E-state index contributed by atoms with van der Waals surface area (Å²) in [6.07, 6.45) is 3.31. The average molecular weight is 1160 g/mol. The lowest BCUT2D eigenvalue weighted by molar-refractivity contribution is -0.142. The van der Waals surface area contributed by atoms with E-state index in [1.165, 1.54) is 23.5 Å². The van der Waals surface area contributed by atoms with Gasteiger partial charge < -0.3 is 63.6 Å². The zero-order valence-electron chi connectivity index (χ0n) is 46.8. The number of carbonyl (C=O) groups is 10. The second-order valence-corrected chi connectivity index (χ2v) is 22.1. The van der Waals surface area contributed by atoms with Crippen molar-refractivity contribution >= 4 is 82.7 Å². The maximum absolute atomic E-state index is 14.7. The molecule has 0 aliphatic rings. The van der Waals surface area contributed by atoms with Gasteiger partial charge in [-0.25, -0.2) is 4.79 Å². The van der Waals surface area contributed by atoms with Gasteiger partial charge >= 0.3 is 11.9 Å². The quantitative estimate of drug-likeness (QED) is 0.0389. The lowest BCUT2D eigenvalue weighted by Gasteiger charge is -2.30. The molecule has 0 aliphatic heterocycles. The summed E-state index contributed by atoms with van der Waals surface area (Å²) in [5, 5.41) is 50.9. The Labute approximate surface area is 482 Å². The van der Waals surface area contributed by atoms with Crippen LogP contribution in [0.4, 0.5) is 0 Å². The van der Waals surface area contributed by atoms with Gasteiger partial charge in [0.25, 0.3) is 0 Å². The van der Waals surface area contributed by atoms with Gasteiger partial charge in [0.05, 0.1) is 12.6 Å². The highest BCUT2D eigenvalue weighted by atomic mass is 32.2. The minimum absolute atomic E-state index is 0.0382. The molecule has 22 nitrogen and oxygen atoms in total. The highest BCUT2D eigenvalue weighted by molar-refractivity contribution is 7.98. The van der Waals surface area contributed by atoms with E-state index >= 15 is 0 Å². The molecule has 3 aromatic rings. The van der Waals surface area contributed by atoms with Gasteiger partial charge in [0.2, 0.25) is 47.3 Å². The molecular weight excluding hydrogens is 1080 g/mol. The summed E-state index contributed by atoms with van der Waals surface area (Å²) in [4.78, 5) is 136. The monoisotopic (exact) mass is 1160 g/mol. The zero-order chi connectivity index (χ0) is 60.0. The average Bonchev–Trinajstić information content (AvgIpc) is 3.46. The summed E-state index contributed by atoms with van der Waals surface area (Å²) in [7, 11) is 0. The van der Waals surface area contributed by atoms with E-state index < -0.39 is 133 Å². The van der Waals surface area contributed by atoms with Crippen LogP contribution >= 0.6 is 23.5 Å². The molecule has 8 amide bonds. The first-order valence-electron chi connectivity index (χ1n) is 26.9. The number of carbonyl (C=O) groups excluding carboxylic acids is 8. The molecule has 0 spiro atoms. The number of nitrogens with one attached hydrogen (secondary N) is 8. The van der Waals surface area contributed by atoms with Crippen molar-refractivity contribution in [3.8, 4) is 0 Å². The van der Waals surface area contributed by atoms with E-state index in [0.29, 0.717) is 34.6 Å². The van der Waals surface area contributed by atoms with Gasteiger partial charge in [-0.1, -0.05) is 125 Å². The molecule has 3 aromatic carbocycles. The molecule has 0 bridgehead atoms. The molecular formula is C57H81N9O13S2. The first kappa shape index (κ1) is 68.3. The summed E-state index contributed by atoms with van der Waals surface area (Å²) in [6.45, 7) is 6.09. The van der Waals surface area contributed by atoms with Crippen molar-refractivity contribution in [1.82, 2.24) is 42.5 Å². The molecule has 0 saturated heterocycles. The Hall–Kier alpha value is -7.02. The summed E-state index contributed by atoms with van der Waals surface area (Å²) >= 11 is 2.84. The van der Waals surface area contributed by atoms with Crippen LogP contribution in [0.25, 0.3) is 0 Å². The molecule has 10 atom stereocenters. The molecule has 81 heavy (non-hydrogen) atoms. The Kier molecular flexibility index (Phi) is 30.6. The summed E-state index contributed by atoms with van der Waals surface area (Å²) in [5.74, 6) is -9.00. The highest BCUT2D eigenvalue weighted by Gasteiger charge is 2.37. The molecule has 0 saturated carbocycles. The number of rotatable bonds is 37. The van der Waals surface area contributed by atoms with Gasteiger partial charge in [-0.15, -0.1) is 0 Å². The van der Waals surface area contributed by atoms with Crippen molar-refractivity contribution in [3.05, 3.63) is 108 Å². The van der Waals surface area contributed by atoms with Gasteiger partial charge in [0.15, 0.2) is 0 Å². The molecule has 0 heterocycles. The molecule has 444 valence electrons. The molecule has 24 heteroatoms. The van der Waals surface area contributed by atoms with Crippen LogP contribution in [0.1, 0.15) is 82.9 Å². The number of hydrogen-bond donors (Lipinski definition) is 12. The molecule has 13 N–H and O–H groups in total. The second kappa shape index (κ2) is 36.4. The minimum Gasteiger partial charge on any atom is -0.481 e. The first-order chi connectivity index (χ1) is 38.6. The fourth-order valence-electron chi connectivity index (χ4n) is 8.34. The fourth-order valence-corrected chi connectivity index (χ4v) is 9.30. The predicted molar refractivity (Wildman–Crippen MR) is 310 cm³/mol. The van der Waals surface area contributed by atoms with E-state index in [2.05, 4.69) is 42.5 Å². The number of aliphatic hydroxyl groups is 1. The van der Waals surface area contributed by atoms with E-state index in [1.54, 1.807) is 125 Å². The molecule has 0 unspecified atom stereocenters. The maximum Gasteiger partial charge on any atom is 0.326 e. The molecule has 0 fully saturated rings. The number of carboxylic acid groups (broad SMARTS) is 2. The number of aliphatic carboxylic acids is 2. The number of benzene rings is 3. The molecule has 3 rings (SSSR count). The van der Waals surface area contributed by atoms with Crippen LogP contribution in [0.5, 0.6) is 0 Å². The van der Waals surface area contributed by atoms with Gasteiger partial charge in [-0.2, -0.15) is 23.5 Å². The molecule has 0 radical (unpaired) electrons. The Morgan fingerprint density at radius 3 is 1.28 bits per heavy atom. The van der Waals surface area contributed by atoms with Crippen LogP contribution < -0.4 is 48.3 Å². The standard InChI is InChI=1S/C57H81N9O13S2/c1-7-35(4)48(56(77)65-46(33-67)55(76)60-41(26-28-81-6)51(72)64-45(57(78)79)32-38-21-15-10-16-22-38)66-54(75)44(31-37-19-13-9-14-20-37)63-53(74)43(30-36-17-11-8-12-18-36)62-52(73)42(29-34(2)3)61-50(71)40(23-24-47(68)69)59-49(70)39(58)25-27-80-5/h8-22,34-35,39-46,48,67H,7,23-33,58H2,1-6H3,(H,59,70)(H,60,76)(H,61,71)(H,62,73)(H,63,74)(H,64,72)(H,65,77)(H,66,75)(H,68,69)(H,78,79)/t35-,39-,40-,41-,42-,43-,44-,45-,46-,48-/m0/s1. The topological polar surface area (TPSA) is 354 Å². The fraction of sp³-hybridized carbons (Fsp3) is 0.509. The third-order valence-corrected chi connectivity index (χ3v) is 14.5. The third-order valence-electron chi connectivity index (χ3n) is 13.2. The third kappa shape index (κ3) is 24.7. The summed E-state index contributed by atoms with van der Waals surface area (Å²) < 4.78 is 0. The van der Waals surface area contributed by atoms with E-state index in [-0.39, 0.29) is 50.9 Å². The number of nitrogens with two attached hydrogens (primary N) is 1. The minimum atomic E-state index is -1.64. The van der Waals surface area contributed by atoms with Crippen molar-refractivity contribution in [3.63, 3.8) is 0 Å². The van der Waals surface area contributed by atoms with E-state index in [9.17, 15) is 63.3 Å². The first-order valence-corrected chi connectivity index (χ1v) is 29.7. The van der Waals surface area contributed by atoms with E-state index in [0.717, 1.165) is 0 Å². The van der Waals surface area contributed by atoms with Crippen molar-refractivity contribution in [2.24, 2.45) is 17.6 Å². The predicted octanol–water partition coefficient (Wildman–Crippen LogP) is 1.46. The van der Waals surface area contributed by atoms with Crippen LogP contribution in [0, 0.1) is 11.8 Å². The van der Waals surface area contributed by atoms with E-state index in [1.807, 2.05) is 6.26 Å². The largest absolute Gasteiger partial charge is 0.481 e. The van der Waals surface area contributed by atoms with Crippen molar-refractivity contribution in [2.75, 3.05) is 30.6 Å². The van der Waals surface area contributed by atoms with Crippen molar-refractivity contribution < 1.29 is 63.3 Å². The number of hydrogen-bond acceptors (Lipinski definition) is 14. The normalized spacial score (nSPS) is 14.8. The van der Waals surface area contributed by atoms with Gasteiger partial charge in [0, 0.05) is 25.7 Å². The zero-order valence-corrected chi connectivity index (χ0v) is 48.4. The van der Waals surface area contributed by atoms with Crippen LogP contribution in [0.2, 0.25) is 0 Å². The Bertz CT molecular complexity index is 2520. The van der Waals surface area contributed by atoms with Crippen LogP contribution in [0.15, 0.2) is 91.0 Å². The summed E-state index contributed by atoms with van der Waals surface area (Å²) in [5.41, 5.74) is 7.92. The lowest BCUT2D eigenvalue weighted by atomic mass is 9.96. The smallest absolute Gasteiger partial charge is 0.326 e. The van der Waals surface area contributed by atoms with Crippen molar-refractivity contribution in [2.45, 2.75) is 140 Å². The number of carboxylic acids is 2. The number of thioether (sulfide) groups is 2. The highest BCUT2D eigenvalue weighted by Crippen LogP contribution is 2.15. The lowest BCUT2D eigenvalue weighted by Crippen LogP contribution is -2.62. The Morgan fingerprint density at radius 2 is 0.840 bits per heavy atom. The van der Waals surface area contributed by atoms with Crippen LogP contribution in [-0.2, 0) is 67.2 Å². The van der Waals surface area contributed by atoms with Crippen LogP contribution in [0.3, 0.4) is 0 Å².